The molecule has 22 heavy (non-hydrogen) atoms. The highest BCUT2D eigenvalue weighted by Gasteiger charge is 2.54. The van der Waals surface area contributed by atoms with Gasteiger partial charge in [-0.3, -0.25) is 4.79 Å². The summed E-state index contributed by atoms with van der Waals surface area (Å²) in [5.74, 6) is 2.30. The van der Waals surface area contributed by atoms with Crippen molar-refractivity contribution in [2.24, 2.45) is 11.3 Å². The normalized spacial score (nSPS) is 30.4. The lowest BCUT2D eigenvalue weighted by Gasteiger charge is -2.42. The van der Waals surface area contributed by atoms with Gasteiger partial charge in [0.25, 0.3) is 0 Å². The molecule has 0 bridgehead atoms. The van der Waals surface area contributed by atoms with E-state index in [0.29, 0.717) is 29.2 Å². The van der Waals surface area contributed by atoms with Gasteiger partial charge in [-0.25, -0.2) is 0 Å². The first-order chi connectivity index (χ1) is 10.8. The average molecular weight is 300 g/mol. The molecule has 1 atom stereocenters. The number of rotatable bonds is 3. The number of amides is 1. The van der Waals surface area contributed by atoms with Gasteiger partial charge in [0.05, 0.1) is 0 Å². The van der Waals surface area contributed by atoms with Crippen LogP contribution < -0.4 is 0 Å². The fraction of sp³-hybridized carbons (Fsp3) is 0.824. The number of carbonyl (C=O) groups excluding carboxylic acids is 1. The Morgan fingerprint density at radius 1 is 1.18 bits per heavy atom. The molecule has 1 aromatic rings. The molecule has 5 nitrogen and oxygen atoms in total. The zero-order valence-electron chi connectivity index (χ0n) is 13.1. The van der Waals surface area contributed by atoms with Gasteiger partial charge in [0.1, 0.15) is 12.2 Å². The highest BCUT2D eigenvalue weighted by Crippen LogP contribution is 2.56. The lowest BCUT2D eigenvalue weighted by molar-refractivity contribution is -0.137. The molecule has 1 aliphatic heterocycles. The smallest absolute Gasteiger partial charge is 0.225 e. The van der Waals surface area contributed by atoms with Crippen LogP contribution in [0.25, 0.3) is 0 Å². The Bertz CT molecular complexity index is 598. The third-order valence-corrected chi connectivity index (χ3v) is 6.62. The molecule has 5 rings (SSSR count). The lowest BCUT2D eigenvalue weighted by atomic mass is 9.62. The largest absolute Gasteiger partial charge is 0.341 e. The van der Waals surface area contributed by atoms with Crippen molar-refractivity contribution in [3.63, 3.8) is 0 Å². The van der Waals surface area contributed by atoms with E-state index in [4.69, 9.17) is 0 Å². The Balaban J connectivity index is 1.43. The van der Waals surface area contributed by atoms with Crippen LogP contribution in [0.1, 0.15) is 69.2 Å². The number of hydrogen-bond acceptors (Lipinski definition) is 3. The second kappa shape index (κ2) is 4.56. The minimum absolute atomic E-state index is 0.305. The molecular weight excluding hydrogens is 276 g/mol. The van der Waals surface area contributed by atoms with Crippen LogP contribution in [0.15, 0.2) is 6.33 Å². The Morgan fingerprint density at radius 2 is 2.00 bits per heavy atom. The van der Waals surface area contributed by atoms with Crippen molar-refractivity contribution in [1.82, 2.24) is 19.7 Å². The van der Waals surface area contributed by atoms with Gasteiger partial charge in [-0.05, 0) is 43.9 Å². The van der Waals surface area contributed by atoms with E-state index in [2.05, 4.69) is 19.7 Å². The number of carbonyl (C=O) groups is 1. The molecule has 2 heterocycles. The first kappa shape index (κ1) is 13.1. The molecular formula is C17H24N4O. The third-order valence-electron chi connectivity index (χ3n) is 6.62. The van der Waals surface area contributed by atoms with Gasteiger partial charge in [0.15, 0.2) is 0 Å². The van der Waals surface area contributed by atoms with Gasteiger partial charge in [0.2, 0.25) is 5.91 Å². The van der Waals surface area contributed by atoms with Crippen LogP contribution in [0.3, 0.4) is 0 Å². The summed E-state index contributed by atoms with van der Waals surface area (Å²) in [6.07, 6.45) is 11.7. The Morgan fingerprint density at radius 3 is 2.59 bits per heavy atom. The molecule has 1 unspecified atom stereocenters. The van der Waals surface area contributed by atoms with Crippen LogP contribution in [0.5, 0.6) is 0 Å². The van der Waals surface area contributed by atoms with Gasteiger partial charge < -0.3 is 9.47 Å². The zero-order valence-corrected chi connectivity index (χ0v) is 13.1. The summed E-state index contributed by atoms with van der Waals surface area (Å²) in [5.41, 5.74) is 0.305. The molecule has 1 saturated heterocycles. The number of hydrogen-bond donors (Lipinski definition) is 0. The van der Waals surface area contributed by atoms with Crippen LogP contribution in [-0.2, 0) is 4.79 Å². The maximum absolute atomic E-state index is 12.7. The second-order valence-electron chi connectivity index (χ2n) is 7.94. The van der Waals surface area contributed by atoms with Crippen LogP contribution in [0.2, 0.25) is 0 Å². The highest BCUT2D eigenvalue weighted by atomic mass is 16.2. The summed E-state index contributed by atoms with van der Waals surface area (Å²) in [7, 11) is 0. The fourth-order valence-electron chi connectivity index (χ4n) is 4.68. The van der Waals surface area contributed by atoms with Crippen LogP contribution in [0.4, 0.5) is 0 Å². The lowest BCUT2D eigenvalue weighted by Crippen LogP contribution is -2.41. The average Bonchev–Trinajstić information content (AvgIpc) is 3.00. The molecule has 4 aliphatic rings. The van der Waals surface area contributed by atoms with Crippen LogP contribution >= 0.6 is 0 Å². The summed E-state index contributed by atoms with van der Waals surface area (Å²) in [6, 6.07) is 0.624. The summed E-state index contributed by atoms with van der Waals surface area (Å²) in [5, 5.41) is 8.68. The zero-order chi connectivity index (χ0) is 14.7. The minimum atomic E-state index is 0.305. The van der Waals surface area contributed by atoms with Crippen molar-refractivity contribution in [3.05, 3.63) is 12.2 Å². The monoisotopic (exact) mass is 300 g/mol. The maximum Gasteiger partial charge on any atom is 0.225 e. The first-order valence-electron chi connectivity index (χ1n) is 8.95. The second-order valence-corrected chi connectivity index (χ2v) is 7.94. The summed E-state index contributed by atoms with van der Waals surface area (Å²) < 4.78 is 2.31. The highest BCUT2D eigenvalue weighted by molar-refractivity contribution is 5.80. The summed E-state index contributed by atoms with van der Waals surface area (Å²) in [6.45, 7) is 1.84. The molecule has 3 aliphatic carbocycles. The van der Waals surface area contributed by atoms with Gasteiger partial charge in [0, 0.05) is 31.0 Å². The third kappa shape index (κ3) is 1.80. The predicted molar refractivity (Wildman–Crippen MR) is 81.2 cm³/mol. The quantitative estimate of drug-likeness (QED) is 0.862. The SMILES string of the molecule is O=C(C1CCC1)N1CC(c2nncn2C2CC2)C2(CCC2)C1. The molecule has 118 valence electrons. The van der Waals surface area contributed by atoms with E-state index in [9.17, 15) is 4.79 Å². The molecule has 1 spiro atoms. The molecule has 0 aromatic carbocycles. The maximum atomic E-state index is 12.7. The van der Waals surface area contributed by atoms with Gasteiger partial charge in [-0.2, -0.15) is 0 Å². The Labute approximate surface area is 131 Å². The summed E-state index contributed by atoms with van der Waals surface area (Å²) >= 11 is 0. The Hall–Kier alpha value is -1.39. The summed E-state index contributed by atoms with van der Waals surface area (Å²) in [4.78, 5) is 14.9. The molecule has 0 N–H and O–H groups in total. The van der Waals surface area contributed by atoms with Crippen molar-refractivity contribution in [2.45, 2.75) is 63.3 Å². The molecule has 5 heteroatoms. The molecule has 1 aromatic heterocycles. The van der Waals surface area contributed by atoms with E-state index < -0.39 is 0 Å². The molecule has 4 fully saturated rings. The number of aromatic nitrogens is 3. The standard InChI is InChI=1S/C17H24N4O/c22-16(12-3-1-4-12)20-9-14(17(10-20)7-2-8-17)15-19-18-11-21(15)13-5-6-13/h11-14H,1-10H2. The molecule has 1 amide bonds. The van der Waals surface area contributed by atoms with E-state index in [1.165, 1.54) is 38.5 Å². The number of nitrogens with zero attached hydrogens (tertiary/aromatic N) is 4. The van der Waals surface area contributed by atoms with Crippen molar-refractivity contribution >= 4 is 5.91 Å². The van der Waals surface area contributed by atoms with Crippen LogP contribution in [0, 0.1) is 11.3 Å². The van der Waals surface area contributed by atoms with Gasteiger partial charge >= 0.3 is 0 Å². The van der Waals surface area contributed by atoms with E-state index in [0.717, 1.165) is 31.8 Å². The van der Waals surface area contributed by atoms with E-state index >= 15 is 0 Å². The van der Waals surface area contributed by atoms with Crippen molar-refractivity contribution in [2.75, 3.05) is 13.1 Å². The number of likely N-dealkylation sites (tertiary alicyclic amines) is 1. The Kier molecular flexibility index (Phi) is 2.71. The molecule has 3 saturated carbocycles. The van der Waals surface area contributed by atoms with Crippen molar-refractivity contribution in [1.29, 1.82) is 0 Å². The minimum Gasteiger partial charge on any atom is -0.341 e. The molecule has 0 radical (unpaired) electrons. The topological polar surface area (TPSA) is 51.0 Å². The van der Waals surface area contributed by atoms with Crippen molar-refractivity contribution in [3.8, 4) is 0 Å². The van der Waals surface area contributed by atoms with Gasteiger partial charge in [-0.1, -0.05) is 12.8 Å². The fourth-order valence-corrected chi connectivity index (χ4v) is 4.68. The van der Waals surface area contributed by atoms with Gasteiger partial charge in [-0.15, -0.1) is 10.2 Å². The van der Waals surface area contributed by atoms with E-state index in [1.54, 1.807) is 0 Å². The van der Waals surface area contributed by atoms with E-state index in [-0.39, 0.29) is 0 Å². The first-order valence-corrected chi connectivity index (χ1v) is 8.95. The van der Waals surface area contributed by atoms with Crippen LogP contribution in [-0.4, -0.2) is 38.7 Å². The van der Waals surface area contributed by atoms with E-state index in [1.807, 2.05) is 6.33 Å². The van der Waals surface area contributed by atoms with Crippen molar-refractivity contribution < 1.29 is 4.79 Å². The predicted octanol–water partition coefficient (Wildman–Crippen LogP) is 2.51.